The minimum absolute atomic E-state index is 0.152. The molecule has 5 nitrogen and oxygen atoms in total. The summed E-state index contributed by atoms with van der Waals surface area (Å²) >= 11 is 0. The van der Waals surface area contributed by atoms with E-state index >= 15 is 0 Å². The highest BCUT2D eigenvalue weighted by Crippen LogP contribution is 2.21. The molecular formula is C21H27N3O2. The van der Waals surface area contributed by atoms with E-state index in [9.17, 15) is 4.79 Å². The largest absolute Gasteiger partial charge is 0.481 e. The zero-order valence-corrected chi connectivity index (χ0v) is 15.7. The minimum atomic E-state index is -0.562. The van der Waals surface area contributed by atoms with E-state index in [-0.39, 0.29) is 5.91 Å². The third-order valence-electron chi connectivity index (χ3n) is 4.77. The number of anilines is 2. The van der Waals surface area contributed by atoms with Gasteiger partial charge >= 0.3 is 0 Å². The van der Waals surface area contributed by atoms with Gasteiger partial charge < -0.3 is 19.9 Å². The number of nitrogens with zero attached hydrogens (tertiary/aromatic N) is 2. The first-order valence-electron chi connectivity index (χ1n) is 9.09. The van der Waals surface area contributed by atoms with E-state index in [4.69, 9.17) is 4.74 Å². The number of carbonyl (C=O) groups is 1. The molecule has 0 aromatic heterocycles. The van der Waals surface area contributed by atoms with Gasteiger partial charge in [-0.1, -0.05) is 18.2 Å². The molecule has 1 fully saturated rings. The van der Waals surface area contributed by atoms with Crippen LogP contribution in [0.5, 0.6) is 5.75 Å². The second-order valence-corrected chi connectivity index (χ2v) is 6.85. The predicted molar refractivity (Wildman–Crippen MR) is 106 cm³/mol. The van der Waals surface area contributed by atoms with Crippen molar-refractivity contribution in [3.63, 3.8) is 0 Å². The summed E-state index contributed by atoms with van der Waals surface area (Å²) in [6.45, 7) is 7.95. The highest BCUT2D eigenvalue weighted by atomic mass is 16.5. The van der Waals surface area contributed by atoms with E-state index in [1.165, 1.54) is 5.69 Å². The maximum Gasteiger partial charge on any atom is 0.265 e. The number of ether oxygens (including phenoxy) is 1. The summed E-state index contributed by atoms with van der Waals surface area (Å²) in [5.74, 6) is 0.584. The van der Waals surface area contributed by atoms with Gasteiger partial charge in [0.05, 0.1) is 0 Å². The number of aryl methyl sites for hydroxylation is 1. The molecule has 5 heteroatoms. The molecule has 0 bridgehead atoms. The van der Waals surface area contributed by atoms with Gasteiger partial charge in [-0.2, -0.15) is 0 Å². The Balaban J connectivity index is 1.56. The molecule has 1 N–H and O–H groups in total. The number of likely N-dealkylation sites (N-methyl/N-ethyl adjacent to an activating group) is 1. The number of carbonyl (C=O) groups excluding carboxylic acids is 1. The molecule has 3 rings (SSSR count). The van der Waals surface area contributed by atoms with Crippen molar-refractivity contribution < 1.29 is 9.53 Å². The van der Waals surface area contributed by atoms with Crippen molar-refractivity contribution >= 4 is 17.3 Å². The second-order valence-electron chi connectivity index (χ2n) is 6.85. The van der Waals surface area contributed by atoms with Gasteiger partial charge in [-0.15, -0.1) is 0 Å². The van der Waals surface area contributed by atoms with Crippen molar-refractivity contribution in [1.82, 2.24) is 4.90 Å². The van der Waals surface area contributed by atoms with E-state index in [1.54, 1.807) is 6.92 Å². The number of para-hydroxylation sites is 1. The summed E-state index contributed by atoms with van der Waals surface area (Å²) in [7, 11) is 2.15. The van der Waals surface area contributed by atoms with Crippen molar-refractivity contribution in [3.8, 4) is 5.75 Å². The number of nitrogens with one attached hydrogen (secondary N) is 1. The van der Waals surface area contributed by atoms with Gasteiger partial charge in [-0.25, -0.2) is 0 Å². The first-order chi connectivity index (χ1) is 12.5. The topological polar surface area (TPSA) is 44.8 Å². The van der Waals surface area contributed by atoms with Gasteiger partial charge in [-0.3, -0.25) is 4.79 Å². The molecule has 1 heterocycles. The number of amides is 1. The first-order valence-corrected chi connectivity index (χ1v) is 9.09. The molecule has 26 heavy (non-hydrogen) atoms. The van der Waals surface area contributed by atoms with Crippen LogP contribution in [0.15, 0.2) is 48.5 Å². The summed E-state index contributed by atoms with van der Waals surface area (Å²) in [6, 6.07) is 15.7. The van der Waals surface area contributed by atoms with Gasteiger partial charge in [0.25, 0.3) is 5.91 Å². The number of rotatable bonds is 5. The van der Waals surface area contributed by atoms with E-state index in [2.05, 4.69) is 34.3 Å². The number of hydrogen-bond acceptors (Lipinski definition) is 4. The molecular weight excluding hydrogens is 326 g/mol. The van der Waals surface area contributed by atoms with Crippen molar-refractivity contribution in [1.29, 1.82) is 0 Å². The van der Waals surface area contributed by atoms with Crippen LogP contribution in [0.1, 0.15) is 12.5 Å². The molecule has 0 spiro atoms. The van der Waals surface area contributed by atoms with Gasteiger partial charge in [0.1, 0.15) is 5.75 Å². The summed E-state index contributed by atoms with van der Waals surface area (Å²) in [5, 5.41) is 2.93. The van der Waals surface area contributed by atoms with Crippen LogP contribution >= 0.6 is 0 Å². The third kappa shape index (κ3) is 4.55. The third-order valence-corrected chi connectivity index (χ3v) is 4.77. The lowest BCUT2D eigenvalue weighted by Crippen LogP contribution is -2.44. The molecule has 0 radical (unpaired) electrons. The van der Waals surface area contributed by atoms with Gasteiger partial charge in [0.15, 0.2) is 6.10 Å². The molecule has 138 valence electrons. The van der Waals surface area contributed by atoms with E-state index < -0.39 is 6.10 Å². The van der Waals surface area contributed by atoms with Crippen molar-refractivity contribution in [2.45, 2.75) is 20.0 Å². The van der Waals surface area contributed by atoms with Crippen molar-refractivity contribution in [2.75, 3.05) is 43.4 Å². The molecule has 2 aromatic rings. The molecule has 0 aliphatic carbocycles. The summed E-state index contributed by atoms with van der Waals surface area (Å²) < 4.78 is 5.78. The first kappa shape index (κ1) is 18.3. The average Bonchev–Trinajstić information content (AvgIpc) is 2.65. The summed E-state index contributed by atoms with van der Waals surface area (Å²) in [5.41, 5.74) is 3.00. The zero-order chi connectivity index (χ0) is 18.5. The van der Waals surface area contributed by atoms with Crippen LogP contribution in [-0.4, -0.2) is 50.1 Å². The Morgan fingerprint density at radius 1 is 1.04 bits per heavy atom. The Morgan fingerprint density at radius 2 is 1.69 bits per heavy atom. The Labute approximate surface area is 155 Å². The lowest BCUT2D eigenvalue weighted by molar-refractivity contribution is -0.122. The predicted octanol–water partition coefficient (Wildman–Crippen LogP) is 3.15. The Bertz CT molecular complexity index is 737. The molecule has 0 saturated carbocycles. The molecule has 1 amide bonds. The van der Waals surface area contributed by atoms with Gasteiger partial charge in [0, 0.05) is 37.6 Å². The number of piperazine rings is 1. The van der Waals surface area contributed by atoms with Crippen LogP contribution in [-0.2, 0) is 4.79 Å². The van der Waals surface area contributed by atoms with E-state index in [0.29, 0.717) is 0 Å². The fourth-order valence-electron chi connectivity index (χ4n) is 3.00. The fourth-order valence-corrected chi connectivity index (χ4v) is 3.00. The number of benzene rings is 2. The smallest absolute Gasteiger partial charge is 0.265 e. The normalized spacial score (nSPS) is 16.2. The molecule has 1 aliphatic heterocycles. The average molecular weight is 353 g/mol. The monoisotopic (exact) mass is 353 g/mol. The molecule has 2 aromatic carbocycles. The van der Waals surface area contributed by atoms with Crippen LogP contribution in [0.25, 0.3) is 0 Å². The fraction of sp³-hybridized carbons (Fsp3) is 0.381. The molecule has 1 atom stereocenters. The SMILES string of the molecule is Cc1ccccc1O[C@@H](C)C(=O)Nc1ccc(N2CCN(C)CC2)cc1. The van der Waals surface area contributed by atoms with Crippen LogP contribution in [0.3, 0.4) is 0 Å². The lowest BCUT2D eigenvalue weighted by Gasteiger charge is -2.34. The highest BCUT2D eigenvalue weighted by Gasteiger charge is 2.17. The second kappa shape index (κ2) is 8.23. The van der Waals surface area contributed by atoms with Gasteiger partial charge in [0.2, 0.25) is 0 Å². The molecule has 1 aliphatic rings. The highest BCUT2D eigenvalue weighted by molar-refractivity contribution is 5.94. The van der Waals surface area contributed by atoms with Crippen LogP contribution in [0, 0.1) is 6.92 Å². The van der Waals surface area contributed by atoms with E-state index in [1.807, 2.05) is 43.3 Å². The van der Waals surface area contributed by atoms with Crippen molar-refractivity contribution in [2.24, 2.45) is 0 Å². The Hall–Kier alpha value is -2.53. The molecule has 1 saturated heterocycles. The maximum absolute atomic E-state index is 12.4. The van der Waals surface area contributed by atoms with Crippen LogP contribution in [0.2, 0.25) is 0 Å². The summed E-state index contributed by atoms with van der Waals surface area (Å²) in [4.78, 5) is 17.1. The molecule has 0 unspecified atom stereocenters. The minimum Gasteiger partial charge on any atom is -0.481 e. The van der Waals surface area contributed by atoms with E-state index in [0.717, 1.165) is 43.2 Å². The quantitative estimate of drug-likeness (QED) is 0.897. The number of hydrogen-bond donors (Lipinski definition) is 1. The maximum atomic E-state index is 12.4. The van der Waals surface area contributed by atoms with Crippen LogP contribution < -0.4 is 15.0 Å². The van der Waals surface area contributed by atoms with Crippen LogP contribution in [0.4, 0.5) is 11.4 Å². The van der Waals surface area contributed by atoms with Gasteiger partial charge in [-0.05, 0) is 56.8 Å². The van der Waals surface area contributed by atoms with Crippen molar-refractivity contribution in [3.05, 3.63) is 54.1 Å². The lowest BCUT2D eigenvalue weighted by atomic mass is 10.2. The standard InChI is InChI=1S/C21H27N3O2/c1-16-6-4-5-7-20(16)26-17(2)21(25)22-18-8-10-19(11-9-18)24-14-12-23(3)13-15-24/h4-11,17H,12-15H2,1-3H3,(H,22,25)/t17-/m0/s1. The zero-order valence-electron chi connectivity index (χ0n) is 15.7. The Kier molecular flexibility index (Phi) is 5.78. The Morgan fingerprint density at radius 3 is 2.35 bits per heavy atom. The summed E-state index contributed by atoms with van der Waals surface area (Å²) in [6.07, 6.45) is -0.562.